The Bertz CT molecular complexity index is 989. The minimum Gasteiger partial charge on any atom is -0.309 e. The molecule has 0 saturated carbocycles. The van der Waals surface area contributed by atoms with Gasteiger partial charge in [0.25, 0.3) is 0 Å². The van der Waals surface area contributed by atoms with Gasteiger partial charge < -0.3 is 4.57 Å². The first-order valence-electron chi connectivity index (χ1n) is 8.74. The number of fused-ring (bicyclic) bond motifs is 2. The third-order valence-electron chi connectivity index (χ3n) is 4.99. The third kappa shape index (κ3) is 2.35. The topological polar surface area (TPSA) is 4.93 Å². The predicted molar refractivity (Wildman–Crippen MR) is 115 cm³/mol. The maximum absolute atomic E-state index is 4.05. The molecule has 2 heterocycles. The van der Waals surface area contributed by atoms with E-state index in [4.69, 9.17) is 0 Å². The fraction of sp³-hybridized carbons (Fsp3) is 0.217. The summed E-state index contributed by atoms with van der Waals surface area (Å²) in [5.41, 5.74) is 7.37. The van der Waals surface area contributed by atoms with E-state index < -0.39 is 0 Å². The quantitative estimate of drug-likeness (QED) is 0.428. The van der Waals surface area contributed by atoms with Gasteiger partial charge in [0, 0.05) is 20.8 Å². The summed E-state index contributed by atoms with van der Waals surface area (Å²) >= 11 is 3.69. The van der Waals surface area contributed by atoms with Crippen molar-refractivity contribution in [2.75, 3.05) is 0 Å². The number of benzene rings is 2. The van der Waals surface area contributed by atoms with Crippen LogP contribution in [-0.2, 0) is 5.41 Å². The Hall–Kier alpha value is -2.06. The highest BCUT2D eigenvalue weighted by atomic mass is 79.9. The van der Waals surface area contributed by atoms with Crippen molar-refractivity contribution in [1.82, 2.24) is 4.57 Å². The lowest BCUT2D eigenvalue weighted by molar-refractivity contribution is 0.628. The highest BCUT2D eigenvalue weighted by Gasteiger charge is 2.35. The van der Waals surface area contributed by atoms with Gasteiger partial charge in [-0.3, -0.25) is 0 Å². The fourth-order valence-corrected chi connectivity index (χ4v) is 4.37. The maximum Gasteiger partial charge on any atom is 0.0582 e. The van der Waals surface area contributed by atoms with Crippen molar-refractivity contribution in [2.24, 2.45) is 0 Å². The number of hydrogen-bond donors (Lipinski definition) is 0. The zero-order valence-corrected chi connectivity index (χ0v) is 16.9. The number of aromatic nitrogens is 1. The van der Waals surface area contributed by atoms with E-state index in [1.54, 1.807) is 0 Å². The summed E-state index contributed by atoms with van der Waals surface area (Å²) in [5.74, 6) is 0. The van der Waals surface area contributed by atoms with Crippen molar-refractivity contribution in [2.45, 2.75) is 33.1 Å². The van der Waals surface area contributed by atoms with Gasteiger partial charge in [-0.25, -0.2) is 0 Å². The van der Waals surface area contributed by atoms with E-state index in [-0.39, 0.29) is 5.41 Å². The molecule has 128 valence electrons. The summed E-state index contributed by atoms with van der Waals surface area (Å²) < 4.78 is 3.44. The molecule has 0 atom stereocenters. The van der Waals surface area contributed by atoms with Gasteiger partial charge in [0.1, 0.15) is 0 Å². The van der Waals surface area contributed by atoms with Crippen molar-refractivity contribution >= 4 is 39.0 Å². The molecule has 1 nitrogen and oxygen atoms in total. The van der Waals surface area contributed by atoms with Crippen LogP contribution in [0.5, 0.6) is 0 Å². The van der Waals surface area contributed by atoms with Crippen LogP contribution < -0.4 is 0 Å². The van der Waals surface area contributed by atoms with E-state index in [2.05, 4.69) is 83.9 Å². The number of nitrogens with zero attached hydrogens (tertiary/aromatic N) is 1. The van der Waals surface area contributed by atoms with E-state index in [1.807, 2.05) is 26.0 Å². The number of hydrogen-bond acceptors (Lipinski definition) is 0. The highest BCUT2D eigenvalue weighted by molar-refractivity contribution is 9.10. The van der Waals surface area contributed by atoms with Crippen LogP contribution in [0.15, 0.2) is 54.0 Å². The number of rotatable bonds is 2. The molecular formula is C23H24BrN. The molecule has 1 aromatic heterocycles. The van der Waals surface area contributed by atoms with Gasteiger partial charge in [0.15, 0.2) is 0 Å². The van der Waals surface area contributed by atoms with E-state index >= 15 is 0 Å². The lowest BCUT2D eigenvalue weighted by atomic mass is 9.75. The molecule has 0 unspecified atom stereocenters. The van der Waals surface area contributed by atoms with Crippen LogP contribution in [0.25, 0.3) is 28.7 Å². The van der Waals surface area contributed by atoms with E-state index in [1.165, 1.54) is 27.7 Å². The SMILES string of the molecule is C=Cc1c(C=C)n2c3c(cc(Br)cc13)C(C)(C)c1ccccc1-2.CC. The standard InChI is InChI=1S/C21H18BrN.C2H6/c1-5-14-15-11-13(22)12-17-20(15)23(18(14)6-2)19-10-8-7-9-16(19)21(17,3)4;1-2/h5-12H,1-2H2,3-4H3;1-2H3. The molecule has 0 fully saturated rings. The molecule has 2 heteroatoms. The smallest absolute Gasteiger partial charge is 0.0582 e. The third-order valence-corrected chi connectivity index (χ3v) is 5.45. The van der Waals surface area contributed by atoms with Crippen molar-refractivity contribution in [3.05, 3.63) is 76.4 Å². The van der Waals surface area contributed by atoms with E-state index in [0.717, 1.165) is 15.7 Å². The van der Waals surface area contributed by atoms with Crippen LogP contribution >= 0.6 is 15.9 Å². The monoisotopic (exact) mass is 393 g/mol. The minimum atomic E-state index is -0.0517. The van der Waals surface area contributed by atoms with Gasteiger partial charge in [0.2, 0.25) is 0 Å². The summed E-state index contributed by atoms with van der Waals surface area (Å²) in [6, 6.07) is 13.1. The first-order valence-corrected chi connectivity index (χ1v) is 9.53. The van der Waals surface area contributed by atoms with Gasteiger partial charge in [-0.2, -0.15) is 0 Å². The highest BCUT2D eigenvalue weighted by Crippen LogP contribution is 2.48. The molecule has 0 N–H and O–H groups in total. The molecule has 4 rings (SSSR count). The van der Waals surface area contributed by atoms with Gasteiger partial charge in [-0.05, 0) is 35.4 Å². The van der Waals surface area contributed by atoms with Crippen molar-refractivity contribution in [3.63, 3.8) is 0 Å². The summed E-state index contributed by atoms with van der Waals surface area (Å²) in [6.07, 6.45) is 3.87. The Kier molecular flexibility index (Phi) is 4.51. The largest absolute Gasteiger partial charge is 0.309 e. The molecule has 0 radical (unpaired) electrons. The molecule has 0 bridgehead atoms. The summed E-state index contributed by atoms with van der Waals surface area (Å²) in [7, 11) is 0. The molecule has 1 aliphatic heterocycles. The molecule has 0 aliphatic carbocycles. The summed E-state index contributed by atoms with van der Waals surface area (Å²) in [4.78, 5) is 0. The molecule has 25 heavy (non-hydrogen) atoms. The van der Waals surface area contributed by atoms with Crippen LogP contribution in [0.4, 0.5) is 0 Å². The normalized spacial score (nSPS) is 13.6. The number of para-hydroxylation sites is 1. The Morgan fingerprint density at radius 3 is 2.32 bits per heavy atom. The molecule has 0 spiro atoms. The minimum absolute atomic E-state index is 0.0517. The van der Waals surface area contributed by atoms with Crippen LogP contribution in [-0.4, -0.2) is 4.57 Å². The average molecular weight is 394 g/mol. The molecule has 0 saturated heterocycles. The Labute approximate surface area is 158 Å². The number of halogens is 1. The summed E-state index contributed by atoms with van der Waals surface area (Å²) in [5, 5.41) is 1.22. The van der Waals surface area contributed by atoms with Crippen LogP contribution in [0.1, 0.15) is 50.1 Å². The van der Waals surface area contributed by atoms with E-state index in [9.17, 15) is 0 Å². The molecule has 2 aromatic carbocycles. The zero-order chi connectivity index (χ0) is 18.4. The lowest BCUT2D eigenvalue weighted by Gasteiger charge is -2.35. The van der Waals surface area contributed by atoms with Gasteiger partial charge in [-0.15, -0.1) is 0 Å². The van der Waals surface area contributed by atoms with Crippen molar-refractivity contribution in [1.29, 1.82) is 0 Å². The Morgan fingerprint density at radius 1 is 1.00 bits per heavy atom. The second kappa shape index (κ2) is 6.34. The fourth-order valence-electron chi connectivity index (χ4n) is 3.91. The molecule has 0 amide bonds. The molecule has 1 aliphatic rings. The second-order valence-electron chi connectivity index (χ2n) is 6.53. The average Bonchev–Trinajstić information content (AvgIpc) is 2.94. The zero-order valence-electron chi connectivity index (χ0n) is 15.4. The van der Waals surface area contributed by atoms with Gasteiger partial charge in [-0.1, -0.05) is 81.1 Å². The van der Waals surface area contributed by atoms with E-state index in [0.29, 0.717) is 0 Å². The van der Waals surface area contributed by atoms with Crippen LogP contribution in [0.3, 0.4) is 0 Å². The Balaban J connectivity index is 0.000000880. The predicted octanol–water partition coefficient (Wildman–Crippen LogP) is 7.34. The van der Waals surface area contributed by atoms with Crippen molar-refractivity contribution < 1.29 is 0 Å². The summed E-state index contributed by atoms with van der Waals surface area (Å²) in [6.45, 7) is 16.7. The lowest BCUT2D eigenvalue weighted by Crippen LogP contribution is -2.26. The van der Waals surface area contributed by atoms with Crippen LogP contribution in [0, 0.1) is 0 Å². The first-order chi connectivity index (χ1) is 12.0. The van der Waals surface area contributed by atoms with Crippen LogP contribution in [0.2, 0.25) is 0 Å². The van der Waals surface area contributed by atoms with Gasteiger partial charge in [0.05, 0.1) is 16.9 Å². The molecular weight excluding hydrogens is 370 g/mol. The van der Waals surface area contributed by atoms with Crippen molar-refractivity contribution in [3.8, 4) is 5.69 Å². The maximum atomic E-state index is 4.05. The molecule has 3 aromatic rings. The first kappa shape index (κ1) is 17.8. The second-order valence-corrected chi connectivity index (χ2v) is 7.45. The van der Waals surface area contributed by atoms with Gasteiger partial charge >= 0.3 is 0 Å². The Morgan fingerprint density at radius 2 is 1.68 bits per heavy atom.